The fraction of sp³-hybridized carbons (Fsp3) is 0.727. The van der Waals surface area contributed by atoms with Crippen molar-refractivity contribution >= 4 is 11.8 Å². The lowest BCUT2D eigenvalue weighted by Gasteiger charge is -2.24. The van der Waals surface area contributed by atoms with Gasteiger partial charge in [0.15, 0.2) is 0 Å². The maximum atomic E-state index is 11.6. The van der Waals surface area contributed by atoms with E-state index in [1.807, 2.05) is 0 Å². The quantitative estimate of drug-likeness (QED) is 0.718. The van der Waals surface area contributed by atoms with E-state index in [1.54, 1.807) is 6.92 Å². The lowest BCUT2D eigenvalue weighted by molar-refractivity contribution is -0.127. The Morgan fingerprint density at radius 1 is 1.27 bits per heavy atom. The Hall–Kier alpha value is -1.06. The summed E-state index contributed by atoms with van der Waals surface area (Å²) >= 11 is 0. The van der Waals surface area contributed by atoms with Crippen molar-refractivity contribution < 1.29 is 9.59 Å². The topological polar surface area (TPSA) is 58.2 Å². The van der Waals surface area contributed by atoms with Crippen LogP contribution in [0.25, 0.3) is 0 Å². The molecule has 0 saturated heterocycles. The largest absolute Gasteiger partial charge is 0.352 e. The molecule has 0 bridgehead atoms. The van der Waals surface area contributed by atoms with E-state index in [4.69, 9.17) is 6.92 Å². The van der Waals surface area contributed by atoms with Crippen LogP contribution in [0.15, 0.2) is 0 Å². The first-order valence-corrected chi connectivity index (χ1v) is 5.46. The van der Waals surface area contributed by atoms with Crippen LogP contribution in [0, 0.1) is 6.92 Å². The van der Waals surface area contributed by atoms with Gasteiger partial charge in [-0.15, -0.1) is 0 Å². The zero-order valence-electron chi connectivity index (χ0n) is 9.08. The van der Waals surface area contributed by atoms with Crippen LogP contribution in [0.2, 0.25) is 0 Å². The Bertz CT molecular complexity index is 235. The molecule has 1 aliphatic rings. The summed E-state index contributed by atoms with van der Waals surface area (Å²) in [6.45, 7) is 6.56. The summed E-state index contributed by atoms with van der Waals surface area (Å²) in [7, 11) is 0. The van der Waals surface area contributed by atoms with E-state index in [-0.39, 0.29) is 11.9 Å². The van der Waals surface area contributed by atoms with Crippen molar-refractivity contribution in [1.29, 1.82) is 0 Å². The molecule has 2 amide bonds. The maximum absolute atomic E-state index is 11.6. The molecule has 0 heterocycles. The summed E-state index contributed by atoms with van der Waals surface area (Å²) in [5.74, 6) is -0.818. The zero-order valence-corrected chi connectivity index (χ0v) is 9.08. The third-order valence-electron chi connectivity index (χ3n) is 2.70. The van der Waals surface area contributed by atoms with Crippen LogP contribution in [0.3, 0.4) is 0 Å². The monoisotopic (exact) mass is 210 g/mol. The third kappa shape index (κ3) is 4.32. The van der Waals surface area contributed by atoms with Crippen LogP contribution in [-0.4, -0.2) is 23.9 Å². The Morgan fingerprint density at radius 2 is 1.87 bits per heavy atom. The molecule has 15 heavy (non-hydrogen) atoms. The van der Waals surface area contributed by atoms with Gasteiger partial charge in [0, 0.05) is 6.04 Å². The van der Waals surface area contributed by atoms with Gasteiger partial charge >= 0.3 is 0 Å². The number of carbonyl (C=O) groups is 2. The lowest BCUT2D eigenvalue weighted by atomic mass is 9.95. The van der Waals surface area contributed by atoms with E-state index in [2.05, 4.69) is 10.6 Å². The number of hydrogen-bond donors (Lipinski definition) is 2. The van der Waals surface area contributed by atoms with Crippen LogP contribution < -0.4 is 10.6 Å². The van der Waals surface area contributed by atoms with Gasteiger partial charge in [-0.3, -0.25) is 9.59 Å². The molecule has 0 aromatic rings. The van der Waals surface area contributed by atoms with Crippen molar-refractivity contribution in [2.24, 2.45) is 0 Å². The highest BCUT2D eigenvalue weighted by molar-refractivity contribution is 5.88. The van der Waals surface area contributed by atoms with E-state index >= 15 is 0 Å². The van der Waals surface area contributed by atoms with Crippen LogP contribution in [0.1, 0.15) is 39.0 Å². The number of amides is 2. The Balaban J connectivity index is 2.30. The predicted octanol–water partition coefficient (Wildman–Crippen LogP) is 0.651. The van der Waals surface area contributed by atoms with Gasteiger partial charge in [-0.25, -0.2) is 0 Å². The lowest BCUT2D eigenvalue weighted by Crippen LogP contribution is -2.48. The highest BCUT2D eigenvalue weighted by atomic mass is 16.2. The van der Waals surface area contributed by atoms with Gasteiger partial charge in [-0.1, -0.05) is 19.3 Å². The molecule has 84 valence electrons. The zero-order chi connectivity index (χ0) is 11.3. The molecule has 2 radical (unpaired) electrons. The first-order chi connectivity index (χ1) is 7.09. The second-order valence-electron chi connectivity index (χ2n) is 4.07. The van der Waals surface area contributed by atoms with Crippen LogP contribution in [-0.2, 0) is 9.59 Å². The molecule has 1 rings (SSSR count). The van der Waals surface area contributed by atoms with Gasteiger partial charge in [0.25, 0.3) is 0 Å². The van der Waals surface area contributed by atoms with Crippen LogP contribution in [0.5, 0.6) is 0 Å². The molecule has 4 heteroatoms. The predicted molar refractivity (Wildman–Crippen MR) is 56.9 cm³/mol. The van der Waals surface area contributed by atoms with Crippen molar-refractivity contribution in [3.8, 4) is 0 Å². The van der Waals surface area contributed by atoms with Crippen LogP contribution >= 0.6 is 0 Å². The van der Waals surface area contributed by atoms with Gasteiger partial charge in [-0.2, -0.15) is 0 Å². The second-order valence-corrected chi connectivity index (χ2v) is 4.07. The molecule has 2 N–H and O–H groups in total. The van der Waals surface area contributed by atoms with E-state index in [0.717, 1.165) is 12.8 Å². The van der Waals surface area contributed by atoms with Gasteiger partial charge < -0.3 is 10.6 Å². The molecule has 1 aliphatic carbocycles. The van der Waals surface area contributed by atoms with Gasteiger partial charge in [-0.05, 0) is 19.8 Å². The smallest absolute Gasteiger partial charge is 0.242 e. The average Bonchev–Trinajstić information content (AvgIpc) is 2.18. The molecular weight excluding hydrogens is 192 g/mol. The van der Waals surface area contributed by atoms with Crippen molar-refractivity contribution in [2.75, 3.05) is 0 Å². The summed E-state index contributed by atoms with van der Waals surface area (Å²) in [6.07, 6.45) is 5.66. The normalized spacial score (nSPS) is 19.3. The van der Waals surface area contributed by atoms with Crippen molar-refractivity contribution in [3.05, 3.63) is 6.92 Å². The van der Waals surface area contributed by atoms with Crippen molar-refractivity contribution in [2.45, 2.75) is 51.1 Å². The van der Waals surface area contributed by atoms with Gasteiger partial charge in [0.05, 0.1) is 6.92 Å². The fourth-order valence-electron chi connectivity index (χ4n) is 1.85. The summed E-state index contributed by atoms with van der Waals surface area (Å²) in [5, 5.41) is 5.27. The maximum Gasteiger partial charge on any atom is 0.242 e. The van der Waals surface area contributed by atoms with E-state index in [1.165, 1.54) is 19.3 Å². The minimum atomic E-state index is -0.665. The molecular formula is C11H18N2O2. The molecule has 0 spiro atoms. The van der Waals surface area contributed by atoms with E-state index in [9.17, 15) is 9.59 Å². The third-order valence-corrected chi connectivity index (χ3v) is 2.70. The standard InChI is InChI=1S/C11H18N2O2/c1-8(12-9(2)14)11(15)13-10-6-4-3-5-7-10/h2,8,10H,3-7H2,1H3,(H,12,14)(H,13,15). The minimum Gasteiger partial charge on any atom is -0.352 e. The molecule has 1 saturated carbocycles. The molecule has 0 aliphatic heterocycles. The number of nitrogens with one attached hydrogen (secondary N) is 2. The van der Waals surface area contributed by atoms with Crippen molar-refractivity contribution in [1.82, 2.24) is 10.6 Å². The first kappa shape index (κ1) is 12.0. The van der Waals surface area contributed by atoms with Crippen molar-refractivity contribution in [3.63, 3.8) is 0 Å². The molecule has 1 unspecified atom stereocenters. The van der Waals surface area contributed by atoms with E-state index < -0.39 is 11.9 Å². The molecule has 0 aromatic heterocycles. The van der Waals surface area contributed by atoms with E-state index in [0.29, 0.717) is 0 Å². The summed E-state index contributed by atoms with van der Waals surface area (Å²) < 4.78 is 0. The minimum absolute atomic E-state index is 0.152. The molecule has 4 nitrogen and oxygen atoms in total. The highest BCUT2D eigenvalue weighted by Crippen LogP contribution is 2.17. The molecule has 0 aromatic carbocycles. The van der Waals surface area contributed by atoms with Crippen LogP contribution in [0.4, 0.5) is 0 Å². The second kappa shape index (κ2) is 5.73. The number of rotatable bonds is 3. The Morgan fingerprint density at radius 3 is 2.40 bits per heavy atom. The Kier molecular flexibility index (Phi) is 4.59. The fourth-order valence-corrected chi connectivity index (χ4v) is 1.85. The Labute approximate surface area is 90.8 Å². The van der Waals surface area contributed by atoms with Gasteiger partial charge in [0.1, 0.15) is 6.04 Å². The SMILES string of the molecule is [CH]C(=O)NC(C)C(=O)NC1CCCCC1. The molecule has 1 atom stereocenters. The number of carbonyl (C=O) groups excluding carboxylic acids is 2. The summed E-state index contributed by atoms with van der Waals surface area (Å²) in [4.78, 5) is 22.1. The summed E-state index contributed by atoms with van der Waals surface area (Å²) in [5.41, 5.74) is 0. The first-order valence-electron chi connectivity index (χ1n) is 5.46. The molecule has 1 fully saturated rings. The number of hydrogen-bond acceptors (Lipinski definition) is 2. The summed E-state index contributed by atoms with van der Waals surface area (Å²) in [6, 6.07) is -0.284. The average molecular weight is 210 g/mol. The highest BCUT2D eigenvalue weighted by Gasteiger charge is 2.19. The van der Waals surface area contributed by atoms with Gasteiger partial charge in [0.2, 0.25) is 11.8 Å².